The Morgan fingerprint density at radius 3 is 2.53 bits per heavy atom. The van der Waals surface area contributed by atoms with Crippen LogP contribution >= 0.6 is 11.3 Å². The Balaban J connectivity index is 2.29. The molecule has 1 heterocycles. The molecule has 0 unspecified atom stereocenters. The molecule has 0 atom stereocenters. The minimum absolute atomic E-state index is 0.353. The number of para-hydroxylation sites is 1. The lowest BCUT2D eigenvalue weighted by atomic mass is 10.3. The Kier molecular flexibility index (Phi) is 4.24. The fourth-order valence-electron chi connectivity index (χ4n) is 1.77. The monoisotopic (exact) mass is 296 g/mol. The van der Waals surface area contributed by atoms with Crippen LogP contribution in [-0.4, -0.2) is 15.5 Å². The van der Waals surface area contributed by atoms with Gasteiger partial charge >= 0.3 is 0 Å². The summed E-state index contributed by atoms with van der Waals surface area (Å²) in [4.78, 5) is 2.16. The summed E-state index contributed by atoms with van der Waals surface area (Å²) < 4.78 is 27.2. The normalized spacial score (nSPS) is 11.5. The molecule has 1 aromatic heterocycles. The van der Waals surface area contributed by atoms with E-state index in [2.05, 4.69) is 10.0 Å². The third kappa shape index (κ3) is 3.34. The van der Waals surface area contributed by atoms with E-state index in [1.54, 1.807) is 30.3 Å². The molecule has 0 aliphatic rings. The van der Waals surface area contributed by atoms with Crippen LogP contribution in [0, 0.1) is 6.92 Å². The van der Waals surface area contributed by atoms with Crippen molar-refractivity contribution in [1.29, 1.82) is 0 Å². The third-order valence-electron chi connectivity index (χ3n) is 2.59. The molecule has 0 radical (unpaired) electrons. The summed E-state index contributed by atoms with van der Waals surface area (Å²) in [5.74, 6) is 0. The van der Waals surface area contributed by atoms with Crippen LogP contribution in [0.2, 0.25) is 0 Å². The van der Waals surface area contributed by atoms with Crippen molar-refractivity contribution in [2.24, 2.45) is 0 Å². The van der Waals surface area contributed by atoms with E-state index in [1.807, 2.05) is 20.0 Å². The first-order valence-electron chi connectivity index (χ1n) is 5.84. The number of hydrogen-bond donors (Lipinski definition) is 2. The first kappa shape index (κ1) is 14.0. The van der Waals surface area contributed by atoms with Crippen LogP contribution in [0.25, 0.3) is 0 Å². The van der Waals surface area contributed by atoms with Gasteiger partial charge in [-0.2, -0.15) is 0 Å². The largest absolute Gasteiger partial charge is 0.315 e. The van der Waals surface area contributed by atoms with E-state index in [4.69, 9.17) is 0 Å². The predicted molar refractivity (Wildman–Crippen MR) is 79.1 cm³/mol. The number of benzene rings is 1. The molecule has 4 nitrogen and oxygen atoms in total. The number of thiophene rings is 1. The summed E-state index contributed by atoms with van der Waals surface area (Å²) in [6.07, 6.45) is 0. The van der Waals surface area contributed by atoms with Crippen molar-refractivity contribution < 1.29 is 8.42 Å². The maximum absolute atomic E-state index is 12.3. The van der Waals surface area contributed by atoms with Crippen molar-refractivity contribution in [1.82, 2.24) is 5.32 Å². The van der Waals surface area contributed by atoms with Crippen molar-refractivity contribution in [2.45, 2.75) is 18.4 Å². The average Bonchev–Trinajstić information content (AvgIpc) is 2.72. The summed E-state index contributed by atoms with van der Waals surface area (Å²) in [5.41, 5.74) is 0.572. The number of aryl methyl sites for hydroxylation is 1. The molecule has 0 aliphatic carbocycles. The van der Waals surface area contributed by atoms with Crippen molar-refractivity contribution in [3.63, 3.8) is 0 Å². The van der Waals surface area contributed by atoms with Crippen LogP contribution < -0.4 is 10.0 Å². The molecule has 0 aliphatic heterocycles. The van der Waals surface area contributed by atoms with Gasteiger partial charge in [0.15, 0.2) is 0 Å². The van der Waals surface area contributed by atoms with Crippen molar-refractivity contribution in [3.05, 3.63) is 46.2 Å². The van der Waals surface area contributed by atoms with Gasteiger partial charge in [0.2, 0.25) is 0 Å². The highest BCUT2D eigenvalue weighted by Gasteiger charge is 2.19. The number of rotatable bonds is 5. The van der Waals surface area contributed by atoms with Gasteiger partial charge in [-0.25, -0.2) is 8.42 Å². The van der Waals surface area contributed by atoms with Crippen molar-refractivity contribution in [2.75, 3.05) is 11.8 Å². The standard InChI is InChI=1S/C13H16N2O2S2/c1-10-13(8-12(18-10)9-14-2)19(16,17)15-11-6-4-3-5-7-11/h3-8,14-15H,9H2,1-2H3. The Bertz CT molecular complexity index is 649. The van der Waals surface area contributed by atoms with E-state index < -0.39 is 10.0 Å². The highest BCUT2D eigenvalue weighted by atomic mass is 32.2. The van der Waals surface area contributed by atoms with Crippen LogP contribution in [0.5, 0.6) is 0 Å². The number of anilines is 1. The maximum atomic E-state index is 12.3. The molecule has 19 heavy (non-hydrogen) atoms. The van der Waals surface area contributed by atoms with E-state index in [0.717, 1.165) is 9.75 Å². The van der Waals surface area contributed by atoms with E-state index in [1.165, 1.54) is 11.3 Å². The van der Waals surface area contributed by atoms with Gasteiger partial charge < -0.3 is 5.32 Å². The molecule has 0 amide bonds. The molecule has 0 fully saturated rings. The lowest BCUT2D eigenvalue weighted by molar-refractivity contribution is 0.601. The van der Waals surface area contributed by atoms with Gasteiger partial charge in [0, 0.05) is 22.0 Å². The van der Waals surface area contributed by atoms with Crippen LogP contribution in [0.15, 0.2) is 41.3 Å². The van der Waals surface area contributed by atoms with E-state index >= 15 is 0 Å². The van der Waals surface area contributed by atoms with Crippen LogP contribution in [0.3, 0.4) is 0 Å². The fraction of sp³-hybridized carbons (Fsp3) is 0.231. The van der Waals surface area contributed by atoms with E-state index in [0.29, 0.717) is 17.1 Å². The van der Waals surface area contributed by atoms with Crippen molar-refractivity contribution in [3.8, 4) is 0 Å². The van der Waals surface area contributed by atoms with Crippen LogP contribution in [0.4, 0.5) is 5.69 Å². The number of sulfonamides is 1. The van der Waals surface area contributed by atoms with Gasteiger partial charge in [0.1, 0.15) is 4.90 Å². The Hall–Kier alpha value is -1.37. The maximum Gasteiger partial charge on any atom is 0.263 e. The lowest BCUT2D eigenvalue weighted by Gasteiger charge is -2.06. The second-order valence-corrected chi connectivity index (χ2v) is 7.13. The average molecular weight is 296 g/mol. The molecule has 102 valence electrons. The highest BCUT2D eigenvalue weighted by molar-refractivity contribution is 7.93. The molecule has 6 heteroatoms. The number of hydrogen-bond acceptors (Lipinski definition) is 4. The first-order chi connectivity index (χ1) is 9.03. The smallest absolute Gasteiger partial charge is 0.263 e. The zero-order valence-electron chi connectivity index (χ0n) is 10.8. The van der Waals surface area contributed by atoms with Gasteiger partial charge in [-0.1, -0.05) is 18.2 Å². The summed E-state index contributed by atoms with van der Waals surface area (Å²) in [7, 11) is -1.67. The minimum atomic E-state index is -3.51. The molecular weight excluding hydrogens is 280 g/mol. The molecule has 2 N–H and O–H groups in total. The minimum Gasteiger partial charge on any atom is -0.315 e. The van der Waals surface area contributed by atoms with Gasteiger partial charge in [-0.05, 0) is 32.2 Å². The van der Waals surface area contributed by atoms with Crippen LogP contribution in [-0.2, 0) is 16.6 Å². The summed E-state index contributed by atoms with van der Waals surface area (Å²) in [6, 6.07) is 10.6. The quantitative estimate of drug-likeness (QED) is 0.891. The molecular formula is C13H16N2O2S2. The van der Waals surface area contributed by atoms with Gasteiger partial charge in [0.25, 0.3) is 10.0 Å². The Labute approximate surface area is 117 Å². The van der Waals surface area contributed by atoms with Crippen LogP contribution in [0.1, 0.15) is 9.75 Å². The van der Waals surface area contributed by atoms with Gasteiger partial charge in [-0.15, -0.1) is 11.3 Å². The zero-order chi connectivity index (χ0) is 13.9. The molecule has 1 aromatic carbocycles. The molecule has 0 saturated carbocycles. The SMILES string of the molecule is CNCc1cc(S(=O)(=O)Nc2ccccc2)c(C)s1. The molecule has 2 aromatic rings. The first-order valence-corrected chi connectivity index (χ1v) is 8.14. The fourth-order valence-corrected chi connectivity index (χ4v) is 4.48. The number of nitrogens with one attached hydrogen (secondary N) is 2. The van der Waals surface area contributed by atoms with E-state index in [9.17, 15) is 8.42 Å². The summed E-state index contributed by atoms with van der Waals surface area (Å²) >= 11 is 1.49. The summed E-state index contributed by atoms with van der Waals surface area (Å²) in [5, 5.41) is 3.02. The van der Waals surface area contributed by atoms with E-state index in [-0.39, 0.29) is 0 Å². The Morgan fingerprint density at radius 2 is 1.89 bits per heavy atom. The lowest BCUT2D eigenvalue weighted by Crippen LogP contribution is -2.13. The second-order valence-electron chi connectivity index (χ2n) is 4.14. The molecule has 0 spiro atoms. The van der Waals surface area contributed by atoms with Gasteiger partial charge in [-0.3, -0.25) is 4.72 Å². The second kappa shape index (κ2) is 5.73. The topological polar surface area (TPSA) is 58.2 Å². The molecule has 2 rings (SSSR count). The summed E-state index contributed by atoms with van der Waals surface area (Å²) in [6.45, 7) is 2.50. The zero-order valence-corrected chi connectivity index (χ0v) is 12.4. The third-order valence-corrected chi connectivity index (χ3v) is 5.28. The molecule has 0 bridgehead atoms. The Morgan fingerprint density at radius 1 is 1.21 bits per heavy atom. The van der Waals surface area contributed by atoms with Crippen molar-refractivity contribution >= 4 is 27.0 Å². The highest BCUT2D eigenvalue weighted by Crippen LogP contribution is 2.27. The predicted octanol–water partition coefficient (Wildman–Crippen LogP) is 2.58. The molecule has 0 saturated heterocycles. The van der Waals surface area contributed by atoms with Gasteiger partial charge in [0.05, 0.1) is 0 Å².